The fourth-order valence-corrected chi connectivity index (χ4v) is 6.97. The van der Waals surface area contributed by atoms with Crippen molar-refractivity contribution in [1.82, 2.24) is 0 Å². The predicted molar refractivity (Wildman–Crippen MR) is 163 cm³/mol. The smallest absolute Gasteiger partial charge is 0.455 e. The minimum atomic E-state index is -1.10. The molecule has 2 fully saturated rings. The Morgan fingerprint density at radius 2 is 1.81 bits per heavy atom. The van der Waals surface area contributed by atoms with Crippen molar-refractivity contribution < 1.29 is 29.3 Å². The van der Waals surface area contributed by atoms with E-state index in [2.05, 4.69) is 0 Å². The summed E-state index contributed by atoms with van der Waals surface area (Å²) in [6.07, 6.45) is 3.28. The third-order valence-electron chi connectivity index (χ3n) is 8.78. The van der Waals surface area contributed by atoms with Gasteiger partial charge in [0.2, 0.25) is 11.8 Å². The average molecular weight is 578 g/mol. The number of anilines is 1. The van der Waals surface area contributed by atoms with Crippen molar-refractivity contribution in [3.63, 3.8) is 0 Å². The summed E-state index contributed by atoms with van der Waals surface area (Å²) < 4.78 is 6.09. The van der Waals surface area contributed by atoms with Crippen molar-refractivity contribution in [2.45, 2.75) is 38.6 Å². The Morgan fingerprint density at radius 1 is 1.05 bits per heavy atom. The first-order chi connectivity index (χ1) is 20.7. The molecule has 4 atom stereocenters. The van der Waals surface area contributed by atoms with E-state index in [1.54, 1.807) is 18.2 Å². The SMILES string of the molecule is CC1=C2[C@@H](CC/C(=C/c3cccc(O)c3)c3ccccc3)OB(O)C[C@@H]2[C@@H]2C(=O)N(c3cccc([N+](=O)[O-])c3)C(=O)[C@@H]2C1. The molecule has 2 heterocycles. The number of phenols is 1. The van der Waals surface area contributed by atoms with Crippen LogP contribution in [0.4, 0.5) is 11.4 Å². The summed E-state index contributed by atoms with van der Waals surface area (Å²) >= 11 is 0. The second kappa shape index (κ2) is 11.6. The molecule has 3 aromatic rings. The summed E-state index contributed by atoms with van der Waals surface area (Å²) in [5, 5.41) is 32.2. The minimum Gasteiger partial charge on any atom is -0.508 e. The van der Waals surface area contributed by atoms with Gasteiger partial charge in [-0.25, -0.2) is 4.90 Å². The van der Waals surface area contributed by atoms with Crippen LogP contribution in [0, 0.1) is 27.9 Å². The van der Waals surface area contributed by atoms with Crippen LogP contribution < -0.4 is 4.90 Å². The number of carbonyl (C=O) groups is 2. The molecule has 10 heteroatoms. The number of phenolic OH excluding ortho intramolecular Hbond substituents is 1. The second-order valence-electron chi connectivity index (χ2n) is 11.5. The van der Waals surface area contributed by atoms with E-state index < -0.39 is 35.9 Å². The maximum atomic E-state index is 13.8. The summed E-state index contributed by atoms with van der Waals surface area (Å²) in [6.45, 7) is 1.96. The van der Waals surface area contributed by atoms with E-state index in [1.807, 2.05) is 49.4 Å². The van der Waals surface area contributed by atoms with Crippen molar-refractivity contribution in [3.8, 4) is 5.75 Å². The number of allylic oxidation sites excluding steroid dienone is 2. The molecule has 6 rings (SSSR count). The van der Waals surface area contributed by atoms with Gasteiger partial charge in [0.25, 0.3) is 5.69 Å². The van der Waals surface area contributed by atoms with Gasteiger partial charge in [0, 0.05) is 12.1 Å². The summed E-state index contributed by atoms with van der Waals surface area (Å²) in [5.74, 6) is -2.25. The number of fused-ring (bicyclic) bond motifs is 3. The Labute approximate surface area is 249 Å². The number of hydrogen-bond donors (Lipinski definition) is 2. The van der Waals surface area contributed by atoms with Gasteiger partial charge in [-0.2, -0.15) is 0 Å². The normalized spacial score (nSPS) is 23.8. The number of non-ortho nitro benzene ring substituents is 1. The molecule has 1 aliphatic carbocycles. The van der Waals surface area contributed by atoms with Crippen LogP contribution in [0.1, 0.15) is 37.3 Å². The lowest BCUT2D eigenvalue weighted by atomic mass is 9.58. The van der Waals surface area contributed by atoms with Crippen LogP contribution in [0.2, 0.25) is 6.32 Å². The van der Waals surface area contributed by atoms with Gasteiger partial charge in [0.15, 0.2) is 0 Å². The number of nitrogens with zero attached hydrogens (tertiary/aromatic N) is 2. The van der Waals surface area contributed by atoms with E-state index in [0.29, 0.717) is 19.3 Å². The van der Waals surface area contributed by atoms with Crippen molar-refractivity contribution in [3.05, 3.63) is 111 Å². The molecular weight excluding hydrogens is 547 g/mol. The van der Waals surface area contributed by atoms with Crippen LogP contribution in [-0.4, -0.2) is 40.1 Å². The topological polar surface area (TPSA) is 130 Å². The van der Waals surface area contributed by atoms with E-state index in [1.165, 1.54) is 24.3 Å². The van der Waals surface area contributed by atoms with E-state index in [-0.39, 0.29) is 35.3 Å². The third-order valence-corrected chi connectivity index (χ3v) is 8.78. The molecule has 0 radical (unpaired) electrons. The first kappa shape index (κ1) is 28.6. The molecular formula is C33H31BN2O7. The zero-order valence-electron chi connectivity index (χ0n) is 23.6. The summed E-state index contributed by atoms with van der Waals surface area (Å²) in [6, 6.07) is 22.5. The number of hydrogen-bond acceptors (Lipinski definition) is 7. The highest BCUT2D eigenvalue weighted by Crippen LogP contribution is 2.51. The first-order valence-corrected chi connectivity index (χ1v) is 14.4. The van der Waals surface area contributed by atoms with Crippen molar-refractivity contribution >= 4 is 42.0 Å². The van der Waals surface area contributed by atoms with Gasteiger partial charge in [0.1, 0.15) is 5.75 Å². The van der Waals surface area contributed by atoms with Gasteiger partial charge in [-0.1, -0.05) is 60.2 Å². The first-order valence-electron chi connectivity index (χ1n) is 14.4. The Balaban J connectivity index is 1.29. The van der Waals surface area contributed by atoms with Crippen molar-refractivity contribution in [1.29, 1.82) is 0 Å². The quantitative estimate of drug-likeness (QED) is 0.0927. The van der Waals surface area contributed by atoms with E-state index in [0.717, 1.165) is 32.7 Å². The van der Waals surface area contributed by atoms with Crippen LogP contribution in [0.3, 0.4) is 0 Å². The number of aromatic hydroxyl groups is 1. The molecule has 43 heavy (non-hydrogen) atoms. The molecule has 0 unspecified atom stereocenters. The van der Waals surface area contributed by atoms with E-state index in [4.69, 9.17) is 4.65 Å². The number of imide groups is 1. The van der Waals surface area contributed by atoms with Gasteiger partial charge in [-0.05, 0) is 78.9 Å². The highest BCUT2D eigenvalue weighted by Gasteiger charge is 2.57. The minimum absolute atomic E-state index is 0.176. The van der Waals surface area contributed by atoms with Crippen LogP contribution in [0.25, 0.3) is 11.6 Å². The van der Waals surface area contributed by atoms with Crippen LogP contribution in [0.15, 0.2) is 90.0 Å². The van der Waals surface area contributed by atoms with Gasteiger partial charge in [-0.3, -0.25) is 19.7 Å². The van der Waals surface area contributed by atoms with Crippen molar-refractivity contribution in [2.24, 2.45) is 17.8 Å². The molecule has 2 N–H and O–H groups in total. The monoisotopic (exact) mass is 578 g/mol. The highest BCUT2D eigenvalue weighted by atomic mass is 16.6. The Bertz CT molecular complexity index is 1650. The molecule has 0 spiro atoms. The van der Waals surface area contributed by atoms with Crippen LogP contribution in [0.5, 0.6) is 5.75 Å². The molecule has 9 nitrogen and oxygen atoms in total. The molecule has 0 aromatic heterocycles. The standard InChI is InChI=1S/C33H31BN2O7/c1-20-15-27-31(33(39)35(32(27)38)24-10-6-11-25(18-24)36(41)42)28-19-34(40)43-29(30(20)28)14-13-23(22-8-3-2-4-9-22)16-21-7-5-12-26(37)17-21/h2-12,16-18,27-29,31,37,40H,13-15,19H2,1H3/b23-16-/t27-,28+,29-,31-/m1/s1. The van der Waals surface area contributed by atoms with Gasteiger partial charge in [0.05, 0.1) is 28.6 Å². The molecule has 0 bridgehead atoms. The van der Waals surface area contributed by atoms with E-state index in [9.17, 15) is 29.8 Å². The maximum absolute atomic E-state index is 13.8. The number of nitro benzene ring substituents is 1. The average Bonchev–Trinajstić information content (AvgIpc) is 3.24. The molecule has 0 saturated carbocycles. The predicted octanol–water partition coefficient (Wildman–Crippen LogP) is 5.64. The molecule has 2 saturated heterocycles. The fraction of sp³-hybridized carbons (Fsp3) is 0.273. The number of nitro groups is 1. The lowest BCUT2D eigenvalue weighted by Crippen LogP contribution is -2.46. The lowest BCUT2D eigenvalue weighted by molar-refractivity contribution is -0.384. The summed E-state index contributed by atoms with van der Waals surface area (Å²) in [5.41, 5.74) is 4.83. The Kier molecular flexibility index (Phi) is 7.73. The number of carbonyl (C=O) groups excluding carboxylic acids is 2. The molecule has 3 aliphatic rings. The molecule has 2 aliphatic heterocycles. The summed E-state index contributed by atoms with van der Waals surface area (Å²) in [7, 11) is -1.10. The third kappa shape index (κ3) is 5.51. The molecule has 218 valence electrons. The fourth-order valence-electron chi connectivity index (χ4n) is 6.97. The van der Waals surface area contributed by atoms with Crippen LogP contribution >= 0.6 is 0 Å². The van der Waals surface area contributed by atoms with Gasteiger partial charge in [-0.15, -0.1) is 0 Å². The number of amides is 2. The highest BCUT2D eigenvalue weighted by molar-refractivity contribution is 6.43. The Morgan fingerprint density at radius 3 is 2.56 bits per heavy atom. The Hall–Kier alpha value is -4.54. The summed E-state index contributed by atoms with van der Waals surface area (Å²) in [4.78, 5) is 39.3. The zero-order chi connectivity index (χ0) is 30.2. The van der Waals surface area contributed by atoms with Gasteiger partial charge >= 0.3 is 7.12 Å². The largest absolute Gasteiger partial charge is 0.508 e. The van der Waals surface area contributed by atoms with Crippen LogP contribution in [-0.2, 0) is 14.2 Å². The molecule has 2 amide bonds. The lowest BCUT2D eigenvalue weighted by Gasteiger charge is -2.42. The molecule has 3 aromatic carbocycles. The second-order valence-corrected chi connectivity index (χ2v) is 11.5. The zero-order valence-corrected chi connectivity index (χ0v) is 23.6. The number of rotatable bonds is 7. The maximum Gasteiger partial charge on any atom is 0.455 e. The van der Waals surface area contributed by atoms with Crippen molar-refractivity contribution in [2.75, 3.05) is 4.90 Å². The number of benzene rings is 3. The van der Waals surface area contributed by atoms with Gasteiger partial charge < -0.3 is 14.8 Å². The van der Waals surface area contributed by atoms with E-state index >= 15 is 0 Å².